The van der Waals surface area contributed by atoms with Crippen LogP contribution in [0.3, 0.4) is 0 Å². The third-order valence-corrected chi connectivity index (χ3v) is 1.71. The summed E-state index contributed by atoms with van der Waals surface area (Å²) < 4.78 is 0. The molecule has 0 spiro atoms. The van der Waals surface area contributed by atoms with Crippen LogP contribution in [0.15, 0.2) is 31.5 Å². The summed E-state index contributed by atoms with van der Waals surface area (Å²) in [5.41, 5.74) is 2.57. The van der Waals surface area contributed by atoms with Crippen LogP contribution in [-0.2, 0) is 0 Å². The van der Waals surface area contributed by atoms with Crippen LogP contribution in [0, 0.1) is 0 Å². The van der Waals surface area contributed by atoms with Gasteiger partial charge in [-0.2, -0.15) is 0 Å². The maximum absolute atomic E-state index is 5.78. The minimum Gasteiger partial charge on any atom is -0.256 e. The van der Waals surface area contributed by atoms with Crippen molar-refractivity contribution in [1.29, 1.82) is 0 Å². The van der Waals surface area contributed by atoms with Crippen LogP contribution >= 0.6 is 11.6 Å². The second-order valence-corrected chi connectivity index (χ2v) is 3.04. The van der Waals surface area contributed by atoms with Crippen LogP contribution in [0.2, 0.25) is 0 Å². The molecule has 0 bridgehead atoms. The Morgan fingerprint density at radius 2 is 1.93 bits per heavy atom. The van der Waals surface area contributed by atoms with Gasteiger partial charge < -0.3 is 0 Å². The fourth-order valence-corrected chi connectivity index (χ4v) is 1.12. The van der Waals surface area contributed by atoms with Crippen LogP contribution in [-0.4, -0.2) is 4.98 Å². The van der Waals surface area contributed by atoms with Crippen molar-refractivity contribution in [1.82, 2.24) is 4.98 Å². The second kappa shape index (κ2) is 6.39. The normalized spacial score (nSPS) is 8.57. The Labute approximate surface area is 91.1 Å². The summed E-state index contributed by atoms with van der Waals surface area (Å²) in [5, 5.41) is 0.501. The summed E-state index contributed by atoms with van der Waals surface area (Å²) in [6, 6.07) is 3.71. The summed E-state index contributed by atoms with van der Waals surface area (Å²) in [4.78, 5) is 4.15. The van der Waals surface area contributed by atoms with Crippen LogP contribution in [0.5, 0.6) is 0 Å². The number of hydrogen-bond acceptors (Lipinski definition) is 1. The van der Waals surface area contributed by atoms with Gasteiger partial charge in [0.25, 0.3) is 0 Å². The van der Waals surface area contributed by atoms with Gasteiger partial charge in [0.05, 0.1) is 5.69 Å². The summed E-state index contributed by atoms with van der Waals surface area (Å²) in [6.07, 6.45) is 1.72. The number of pyridine rings is 1. The molecule has 1 nitrogen and oxygen atoms in total. The molecule has 0 aromatic carbocycles. The van der Waals surface area contributed by atoms with E-state index >= 15 is 0 Å². The second-order valence-electron chi connectivity index (χ2n) is 2.58. The van der Waals surface area contributed by atoms with Gasteiger partial charge in [-0.25, -0.2) is 0 Å². The first-order chi connectivity index (χ1) is 6.63. The quantitative estimate of drug-likeness (QED) is 0.706. The van der Waals surface area contributed by atoms with E-state index in [4.69, 9.17) is 11.6 Å². The number of nitrogens with zero attached hydrogens (tertiary/aromatic N) is 1. The van der Waals surface area contributed by atoms with Crippen molar-refractivity contribution in [3.8, 4) is 0 Å². The molecule has 0 aliphatic carbocycles. The van der Waals surface area contributed by atoms with Crippen LogP contribution in [0.1, 0.15) is 32.0 Å². The maximum atomic E-state index is 5.78. The SMILES string of the molecule is C=C(Cl)c1cccnc1C(=C)C.CC. The molecule has 0 saturated heterocycles. The van der Waals surface area contributed by atoms with E-state index < -0.39 is 0 Å². The Balaban J connectivity index is 0.000000791. The Kier molecular flexibility index (Phi) is 5.89. The molecule has 1 heterocycles. The molecule has 76 valence electrons. The molecule has 0 fully saturated rings. The summed E-state index contributed by atoms with van der Waals surface area (Å²) in [7, 11) is 0. The highest BCUT2D eigenvalue weighted by atomic mass is 35.5. The first kappa shape index (κ1) is 12.9. The molecule has 0 atom stereocenters. The number of rotatable bonds is 2. The molecule has 0 N–H and O–H groups in total. The van der Waals surface area contributed by atoms with Crippen LogP contribution < -0.4 is 0 Å². The van der Waals surface area contributed by atoms with Crippen molar-refractivity contribution in [2.45, 2.75) is 20.8 Å². The average molecular weight is 210 g/mol. The topological polar surface area (TPSA) is 12.9 Å². The van der Waals surface area contributed by atoms with Crippen molar-refractivity contribution >= 4 is 22.2 Å². The Bertz CT molecular complexity index is 296. The van der Waals surface area contributed by atoms with Gasteiger partial charge in [0.2, 0.25) is 0 Å². The number of hydrogen-bond donors (Lipinski definition) is 0. The molecule has 0 aliphatic heterocycles. The van der Waals surface area contributed by atoms with Gasteiger partial charge in [0, 0.05) is 16.8 Å². The Morgan fingerprint density at radius 3 is 2.29 bits per heavy atom. The van der Waals surface area contributed by atoms with E-state index in [1.54, 1.807) is 6.20 Å². The Hall–Kier alpha value is -1.08. The highest BCUT2D eigenvalue weighted by molar-refractivity contribution is 6.48. The predicted molar refractivity (Wildman–Crippen MR) is 65.2 cm³/mol. The summed E-state index contributed by atoms with van der Waals surface area (Å²) >= 11 is 5.78. The minimum atomic E-state index is 0.501. The van der Waals surface area contributed by atoms with Gasteiger partial charge in [-0.05, 0) is 24.6 Å². The van der Waals surface area contributed by atoms with Crippen molar-refractivity contribution in [2.24, 2.45) is 0 Å². The molecule has 0 unspecified atom stereocenters. The average Bonchev–Trinajstić information content (AvgIpc) is 2.20. The third-order valence-electron chi connectivity index (χ3n) is 1.50. The molecule has 0 amide bonds. The molecular weight excluding hydrogens is 194 g/mol. The fraction of sp³-hybridized carbons (Fsp3) is 0.250. The zero-order valence-electron chi connectivity index (χ0n) is 8.97. The molecule has 0 radical (unpaired) electrons. The summed E-state index contributed by atoms with van der Waals surface area (Å²) in [6.45, 7) is 13.4. The molecule has 2 heteroatoms. The molecular formula is C12H16ClN. The first-order valence-corrected chi connectivity index (χ1v) is 4.96. The highest BCUT2D eigenvalue weighted by Gasteiger charge is 2.04. The zero-order valence-corrected chi connectivity index (χ0v) is 9.73. The van der Waals surface area contributed by atoms with Gasteiger partial charge in [-0.15, -0.1) is 0 Å². The lowest BCUT2D eigenvalue weighted by Gasteiger charge is -2.04. The summed E-state index contributed by atoms with van der Waals surface area (Å²) in [5.74, 6) is 0. The number of halogens is 1. The Morgan fingerprint density at radius 1 is 1.36 bits per heavy atom. The van der Waals surface area contributed by atoms with Crippen molar-refractivity contribution in [2.75, 3.05) is 0 Å². The van der Waals surface area contributed by atoms with Crippen molar-refractivity contribution in [3.05, 3.63) is 42.7 Å². The highest BCUT2D eigenvalue weighted by Crippen LogP contribution is 2.23. The largest absolute Gasteiger partial charge is 0.256 e. The third kappa shape index (κ3) is 3.35. The maximum Gasteiger partial charge on any atom is 0.0739 e. The van der Waals surface area contributed by atoms with Crippen molar-refractivity contribution < 1.29 is 0 Å². The van der Waals surface area contributed by atoms with Gasteiger partial charge >= 0.3 is 0 Å². The zero-order chi connectivity index (χ0) is 11.1. The van der Waals surface area contributed by atoms with Crippen LogP contribution in [0.25, 0.3) is 10.6 Å². The lowest BCUT2D eigenvalue weighted by atomic mass is 10.1. The smallest absolute Gasteiger partial charge is 0.0739 e. The minimum absolute atomic E-state index is 0.501. The van der Waals surface area contributed by atoms with E-state index in [-0.39, 0.29) is 0 Å². The van der Waals surface area contributed by atoms with Gasteiger partial charge in [0.15, 0.2) is 0 Å². The van der Waals surface area contributed by atoms with Gasteiger partial charge in [-0.1, -0.05) is 38.6 Å². The molecule has 1 aromatic rings. The van der Waals surface area contributed by atoms with Gasteiger partial charge in [0.1, 0.15) is 0 Å². The predicted octanol–water partition coefficient (Wildman–Crippen LogP) is 4.35. The van der Waals surface area contributed by atoms with Crippen LogP contribution in [0.4, 0.5) is 0 Å². The number of aromatic nitrogens is 1. The van der Waals surface area contributed by atoms with E-state index in [1.165, 1.54) is 0 Å². The fourth-order valence-electron chi connectivity index (χ4n) is 0.964. The molecule has 1 aromatic heterocycles. The van der Waals surface area contributed by atoms with E-state index in [9.17, 15) is 0 Å². The first-order valence-electron chi connectivity index (χ1n) is 4.58. The number of allylic oxidation sites excluding steroid dienone is 1. The standard InChI is InChI=1S/C10H10ClN.C2H6/c1-7(2)10-9(8(3)11)5-4-6-12-10;1-2/h4-6H,1,3H2,2H3;1-2H3. The molecule has 1 rings (SSSR count). The molecule has 14 heavy (non-hydrogen) atoms. The van der Waals surface area contributed by atoms with Crippen molar-refractivity contribution in [3.63, 3.8) is 0 Å². The van der Waals surface area contributed by atoms with E-state index in [2.05, 4.69) is 18.1 Å². The van der Waals surface area contributed by atoms with E-state index in [0.717, 1.165) is 16.8 Å². The lowest BCUT2D eigenvalue weighted by molar-refractivity contribution is 1.26. The van der Waals surface area contributed by atoms with Gasteiger partial charge in [-0.3, -0.25) is 4.98 Å². The van der Waals surface area contributed by atoms with E-state index in [0.29, 0.717) is 5.03 Å². The molecule has 0 saturated carbocycles. The lowest BCUT2D eigenvalue weighted by Crippen LogP contribution is -1.90. The van der Waals surface area contributed by atoms with E-state index in [1.807, 2.05) is 32.9 Å². The molecule has 0 aliphatic rings. The monoisotopic (exact) mass is 209 g/mol.